The molecule has 3 fully saturated rings. The fourth-order valence-electron chi connectivity index (χ4n) is 7.66. The molecule has 0 radical (unpaired) electrons. The molecule has 1 aromatic carbocycles. The summed E-state index contributed by atoms with van der Waals surface area (Å²) in [6, 6.07) is 15.2. The van der Waals surface area contributed by atoms with Crippen molar-refractivity contribution in [2.45, 2.75) is 44.3 Å². The number of benzene rings is 1. The molecule has 5 aromatic heterocycles. The first-order chi connectivity index (χ1) is 22.4. The van der Waals surface area contributed by atoms with E-state index in [9.17, 15) is 9.59 Å². The summed E-state index contributed by atoms with van der Waals surface area (Å²) in [6.07, 6.45) is 6.03. The second kappa shape index (κ2) is 9.98. The summed E-state index contributed by atoms with van der Waals surface area (Å²) in [5.41, 5.74) is 12.2. The van der Waals surface area contributed by atoms with E-state index in [-0.39, 0.29) is 23.4 Å². The topological polar surface area (TPSA) is 137 Å². The smallest absolute Gasteiger partial charge is 0.254 e. The third-order valence-corrected chi connectivity index (χ3v) is 10.3. The second-order valence-corrected chi connectivity index (χ2v) is 13.1. The molecule has 1 aliphatic heterocycles. The van der Waals surface area contributed by atoms with Gasteiger partial charge in [-0.3, -0.25) is 9.59 Å². The zero-order valence-electron chi connectivity index (χ0n) is 25.7. The molecule has 6 aromatic rings. The molecule has 0 spiro atoms. The summed E-state index contributed by atoms with van der Waals surface area (Å²) in [6.45, 7) is 1.54. The first kappa shape index (κ1) is 27.3. The maximum Gasteiger partial charge on any atom is 0.254 e. The van der Waals surface area contributed by atoms with Gasteiger partial charge in [0.2, 0.25) is 0 Å². The standard InChI is InChI=1S/C35H34N8O3/c1-41-31-25(13-21(15-29(31)46-2)35(45)43-17-20-6-10-26(43)30(20)36)40-34(41)27-14-19-5-8-24(39-33(19)42(27)16-18-3-4-18)23-9-7-22-28(44)11-12-37-32(22)38-23/h5,7-9,11-15,18,20,26,30H,3-4,6,10,16-17,36H2,1-2H3,(H,37,38,44)/t20?,26?,30-/m1/s1. The highest BCUT2D eigenvalue weighted by atomic mass is 16.5. The lowest BCUT2D eigenvalue weighted by Crippen LogP contribution is -2.41. The molecule has 3 N–H and O–H groups in total. The average Bonchev–Trinajstić information content (AvgIpc) is 3.47. The van der Waals surface area contributed by atoms with Crippen molar-refractivity contribution in [2.75, 3.05) is 13.7 Å². The van der Waals surface area contributed by atoms with Crippen molar-refractivity contribution in [3.63, 3.8) is 0 Å². The summed E-state index contributed by atoms with van der Waals surface area (Å²) in [5.74, 6) is 2.34. The Morgan fingerprint density at radius 2 is 1.85 bits per heavy atom. The molecule has 9 rings (SSSR count). The minimum Gasteiger partial charge on any atom is -0.494 e. The van der Waals surface area contributed by atoms with Gasteiger partial charge in [0.1, 0.15) is 22.6 Å². The minimum atomic E-state index is -0.0676. The van der Waals surface area contributed by atoms with E-state index in [0.717, 1.165) is 53.1 Å². The summed E-state index contributed by atoms with van der Waals surface area (Å²) in [5, 5.41) is 1.55. The van der Waals surface area contributed by atoms with Crippen molar-refractivity contribution in [2.24, 2.45) is 24.6 Å². The molecule has 232 valence electrons. The molecule has 46 heavy (non-hydrogen) atoms. The Hall–Kier alpha value is -5.03. The number of carbonyl (C=O) groups is 1. The van der Waals surface area contributed by atoms with Crippen LogP contribution in [0, 0.1) is 11.8 Å². The number of H-pyrrole nitrogens is 1. The Morgan fingerprint density at radius 1 is 1.02 bits per heavy atom. The van der Waals surface area contributed by atoms with Crippen LogP contribution in [0.4, 0.5) is 0 Å². The Bertz CT molecular complexity index is 2280. The lowest BCUT2D eigenvalue weighted by molar-refractivity contribution is 0.0700. The molecule has 2 aliphatic carbocycles. The number of likely N-dealkylation sites (tertiary alicyclic amines) is 1. The molecule has 11 nitrogen and oxygen atoms in total. The number of nitrogens with two attached hydrogens (primary N) is 1. The second-order valence-electron chi connectivity index (χ2n) is 13.1. The zero-order chi connectivity index (χ0) is 31.3. The number of aryl methyl sites for hydroxylation is 1. The van der Waals surface area contributed by atoms with Crippen molar-refractivity contribution >= 4 is 39.0 Å². The molecule has 2 saturated carbocycles. The Morgan fingerprint density at radius 3 is 2.61 bits per heavy atom. The van der Waals surface area contributed by atoms with Gasteiger partial charge in [-0.05, 0) is 80.0 Å². The van der Waals surface area contributed by atoms with E-state index in [0.29, 0.717) is 51.9 Å². The average molecular weight is 615 g/mol. The third-order valence-electron chi connectivity index (χ3n) is 10.3. The van der Waals surface area contributed by atoms with Crippen LogP contribution in [0.2, 0.25) is 0 Å². The van der Waals surface area contributed by atoms with E-state index in [1.165, 1.54) is 18.9 Å². The van der Waals surface area contributed by atoms with Crippen molar-refractivity contribution in [3.05, 3.63) is 70.5 Å². The summed E-state index contributed by atoms with van der Waals surface area (Å²) in [4.78, 5) is 46.0. The summed E-state index contributed by atoms with van der Waals surface area (Å²) < 4.78 is 10.2. The Balaban J connectivity index is 1.16. The zero-order valence-corrected chi connectivity index (χ0v) is 25.7. The largest absolute Gasteiger partial charge is 0.494 e. The van der Waals surface area contributed by atoms with Gasteiger partial charge in [0, 0.05) is 55.4 Å². The van der Waals surface area contributed by atoms with E-state index in [2.05, 4.69) is 26.3 Å². The number of methoxy groups -OCH3 is 1. The molecular weight excluding hydrogens is 580 g/mol. The summed E-state index contributed by atoms with van der Waals surface area (Å²) in [7, 11) is 3.63. The molecular formula is C35H34N8O3. The predicted molar refractivity (Wildman–Crippen MR) is 176 cm³/mol. The highest BCUT2D eigenvalue weighted by Gasteiger charge is 2.47. The van der Waals surface area contributed by atoms with Crippen LogP contribution in [0.1, 0.15) is 36.0 Å². The van der Waals surface area contributed by atoms with Crippen LogP contribution in [0.3, 0.4) is 0 Å². The maximum atomic E-state index is 13.7. The number of nitrogens with one attached hydrogen (secondary N) is 1. The first-order valence-corrected chi connectivity index (χ1v) is 16.0. The molecule has 2 unspecified atom stereocenters. The number of carbonyl (C=O) groups excluding carboxylic acids is 1. The van der Waals surface area contributed by atoms with Gasteiger partial charge in [-0.1, -0.05) is 0 Å². The van der Waals surface area contributed by atoms with Crippen LogP contribution in [0.25, 0.3) is 56.0 Å². The highest BCUT2D eigenvalue weighted by molar-refractivity contribution is 6.00. The lowest BCUT2D eigenvalue weighted by atomic mass is 10.1. The molecule has 1 saturated heterocycles. The van der Waals surface area contributed by atoms with Crippen LogP contribution in [0.15, 0.2) is 59.5 Å². The van der Waals surface area contributed by atoms with E-state index in [1.807, 2.05) is 36.2 Å². The molecule has 3 aliphatic rings. The number of rotatable bonds is 6. The highest BCUT2D eigenvalue weighted by Crippen LogP contribution is 2.40. The molecule has 1 amide bonds. The van der Waals surface area contributed by atoms with Crippen molar-refractivity contribution < 1.29 is 9.53 Å². The lowest BCUT2D eigenvalue weighted by Gasteiger charge is -2.27. The van der Waals surface area contributed by atoms with Crippen molar-refractivity contribution in [1.29, 1.82) is 0 Å². The van der Waals surface area contributed by atoms with Crippen LogP contribution >= 0.6 is 0 Å². The van der Waals surface area contributed by atoms with E-state index in [1.54, 1.807) is 19.4 Å². The maximum absolute atomic E-state index is 13.7. The SMILES string of the molecule is COc1cc(C(=O)N2CC3CCC2[C@@H]3N)cc2nc(-c3cc4ccc(-c5ccc6c(=O)cc[nH]c6n5)nc4n3CC3CC3)n(C)c12. The van der Waals surface area contributed by atoms with Crippen LogP contribution < -0.4 is 15.9 Å². The number of aromatic nitrogens is 6. The third kappa shape index (κ3) is 4.11. The monoisotopic (exact) mass is 614 g/mol. The fraction of sp³-hybridized carbons (Fsp3) is 0.343. The van der Waals surface area contributed by atoms with Gasteiger partial charge in [0.15, 0.2) is 11.3 Å². The molecule has 3 atom stereocenters. The predicted octanol–water partition coefficient (Wildman–Crippen LogP) is 4.47. The van der Waals surface area contributed by atoms with Crippen LogP contribution in [-0.4, -0.2) is 65.6 Å². The van der Waals surface area contributed by atoms with E-state index in [4.69, 9.17) is 25.4 Å². The number of amides is 1. The van der Waals surface area contributed by atoms with Gasteiger partial charge in [-0.25, -0.2) is 15.0 Å². The normalized spacial score (nSPS) is 20.8. The van der Waals surface area contributed by atoms with Gasteiger partial charge in [-0.2, -0.15) is 0 Å². The fourth-order valence-corrected chi connectivity index (χ4v) is 7.66. The van der Waals surface area contributed by atoms with E-state index < -0.39 is 0 Å². The van der Waals surface area contributed by atoms with Gasteiger partial charge >= 0.3 is 0 Å². The quantitative estimate of drug-likeness (QED) is 0.282. The van der Waals surface area contributed by atoms with Crippen LogP contribution in [-0.2, 0) is 13.6 Å². The molecule has 2 bridgehead atoms. The number of nitrogens with zero attached hydrogens (tertiary/aromatic N) is 6. The Kier molecular flexibility index (Phi) is 5.92. The number of aromatic amines is 1. The number of pyridine rings is 3. The van der Waals surface area contributed by atoms with Crippen molar-refractivity contribution in [1.82, 2.24) is 34.0 Å². The number of fused-ring (bicyclic) bond motifs is 5. The molecule has 6 heterocycles. The van der Waals surface area contributed by atoms with Crippen molar-refractivity contribution in [3.8, 4) is 28.7 Å². The van der Waals surface area contributed by atoms with Gasteiger partial charge in [-0.15, -0.1) is 0 Å². The first-order valence-electron chi connectivity index (χ1n) is 16.0. The number of hydrogen-bond acceptors (Lipinski definition) is 7. The minimum absolute atomic E-state index is 0.0130. The molecule has 11 heteroatoms. The summed E-state index contributed by atoms with van der Waals surface area (Å²) >= 11 is 0. The number of piperidine rings is 1. The number of imidazole rings is 1. The Labute approximate surface area is 264 Å². The van der Waals surface area contributed by atoms with Gasteiger partial charge in [0.25, 0.3) is 5.91 Å². The van der Waals surface area contributed by atoms with Crippen LogP contribution in [0.5, 0.6) is 5.75 Å². The van der Waals surface area contributed by atoms with Gasteiger partial charge < -0.3 is 29.5 Å². The van der Waals surface area contributed by atoms with E-state index >= 15 is 0 Å². The van der Waals surface area contributed by atoms with Gasteiger partial charge in [0.05, 0.1) is 35.1 Å². The number of hydrogen-bond donors (Lipinski definition) is 2. The number of ether oxygens (including phenoxy) is 1.